The van der Waals surface area contributed by atoms with Crippen molar-refractivity contribution in [2.75, 3.05) is 25.2 Å². The number of nitrogens with zero attached hydrogens (tertiary/aromatic N) is 2. The largest absolute Gasteiger partial charge is 0.489 e. The number of esters is 1. The number of halogens is 1. The molecule has 144 valence electrons. The molecule has 2 rings (SSSR count). The summed E-state index contributed by atoms with van der Waals surface area (Å²) in [6.07, 6.45) is 3.58. The Kier molecular flexibility index (Phi) is 7.85. The average molecular weight is 433 g/mol. The molecule has 0 aliphatic rings. The molecule has 0 saturated carbocycles. The molecule has 0 unspecified atom stereocenters. The molecule has 0 fully saturated rings. The summed E-state index contributed by atoms with van der Waals surface area (Å²) in [5.74, 6) is 1.25. The molecule has 27 heavy (non-hydrogen) atoms. The fourth-order valence-corrected chi connectivity index (χ4v) is 2.87. The van der Waals surface area contributed by atoms with Crippen molar-refractivity contribution in [3.05, 3.63) is 63.8 Å². The molecule has 0 aliphatic carbocycles. The van der Waals surface area contributed by atoms with Crippen LogP contribution in [0.25, 0.3) is 0 Å². The Labute approximate surface area is 169 Å². The van der Waals surface area contributed by atoms with Gasteiger partial charge in [-0.2, -0.15) is 0 Å². The van der Waals surface area contributed by atoms with Gasteiger partial charge in [-0.3, -0.25) is 0 Å². The van der Waals surface area contributed by atoms with E-state index in [0.29, 0.717) is 18.7 Å². The van der Waals surface area contributed by atoms with Crippen LogP contribution in [0.4, 0.5) is 5.82 Å². The maximum atomic E-state index is 11.6. The third-order valence-corrected chi connectivity index (χ3v) is 4.70. The first-order chi connectivity index (χ1) is 13.0. The third kappa shape index (κ3) is 5.82. The van der Waals surface area contributed by atoms with Crippen molar-refractivity contribution in [2.45, 2.75) is 27.3 Å². The molecule has 1 heterocycles. The van der Waals surface area contributed by atoms with Crippen molar-refractivity contribution in [2.24, 2.45) is 0 Å². The minimum absolute atomic E-state index is 0.390. The van der Waals surface area contributed by atoms with Gasteiger partial charge in [0.25, 0.3) is 0 Å². The summed E-state index contributed by atoms with van der Waals surface area (Å²) in [6, 6.07) is 9.57. The van der Waals surface area contributed by atoms with Crippen LogP contribution in [0.3, 0.4) is 0 Å². The normalized spacial score (nSPS) is 11.2. The first kappa shape index (κ1) is 21.0. The zero-order valence-corrected chi connectivity index (χ0v) is 17.7. The Bertz CT molecular complexity index is 804. The second kappa shape index (κ2) is 10.1. The first-order valence-electron chi connectivity index (χ1n) is 8.80. The number of rotatable bonds is 8. The molecule has 0 atom stereocenters. The molecule has 1 aromatic carbocycles. The van der Waals surface area contributed by atoms with Gasteiger partial charge in [0.05, 0.1) is 12.7 Å². The number of ether oxygens (including phenoxy) is 2. The highest BCUT2D eigenvalue weighted by molar-refractivity contribution is 9.10. The van der Waals surface area contributed by atoms with Gasteiger partial charge in [-0.05, 0) is 56.7 Å². The van der Waals surface area contributed by atoms with Crippen LogP contribution in [0.2, 0.25) is 0 Å². The van der Waals surface area contributed by atoms with Gasteiger partial charge in [0.2, 0.25) is 0 Å². The second-order valence-corrected chi connectivity index (χ2v) is 7.00. The van der Waals surface area contributed by atoms with E-state index in [4.69, 9.17) is 9.47 Å². The van der Waals surface area contributed by atoms with Crippen molar-refractivity contribution < 1.29 is 14.3 Å². The summed E-state index contributed by atoms with van der Waals surface area (Å²) in [5.41, 5.74) is 2.68. The minimum Gasteiger partial charge on any atom is -0.489 e. The van der Waals surface area contributed by atoms with Crippen LogP contribution in [0, 0.1) is 0 Å². The van der Waals surface area contributed by atoms with Gasteiger partial charge < -0.3 is 14.4 Å². The smallest absolute Gasteiger partial charge is 0.339 e. The quantitative estimate of drug-likeness (QED) is 0.433. The van der Waals surface area contributed by atoms with E-state index in [-0.39, 0.29) is 5.97 Å². The summed E-state index contributed by atoms with van der Waals surface area (Å²) in [6.45, 7) is 8.09. The van der Waals surface area contributed by atoms with Crippen LogP contribution >= 0.6 is 15.9 Å². The van der Waals surface area contributed by atoms with Gasteiger partial charge in [0.1, 0.15) is 18.2 Å². The lowest BCUT2D eigenvalue weighted by atomic mass is 10.1. The Morgan fingerprint density at radius 1 is 1.30 bits per heavy atom. The Hall–Kier alpha value is -2.34. The van der Waals surface area contributed by atoms with Gasteiger partial charge in [-0.25, -0.2) is 9.78 Å². The van der Waals surface area contributed by atoms with Gasteiger partial charge in [0, 0.05) is 29.3 Å². The number of pyridine rings is 1. The van der Waals surface area contributed by atoms with E-state index in [1.807, 2.05) is 38.1 Å². The number of methoxy groups -OCH3 is 1. The number of carbonyl (C=O) groups excluding carboxylic acids is 1. The molecule has 0 saturated heterocycles. The van der Waals surface area contributed by atoms with E-state index in [1.54, 1.807) is 6.07 Å². The maximum absolute atomic E-state index is 11.6. The molecule has 0 amide bonds. The molecule has 0 bridgehead atoms. The van der Waals surface area contributed by atoms with E-state index in [2.05, 4.69) is 38.8 Å². The van der Waals surface area contributed by atoms with Crippen LogP contribution in [0.1, 0.15) is 36.7 Å². The number of aromatic nitrogens is 1. The predicted molar refractivity (Wildman–Crippen MR) is 111 cm³/mol. The molecular formula is C21H25BrN2O3. The molecule has 2 aromatic rings. The van der Waals surface area contributed by atoms with Crippen molar-refractivity contribution in [3.8, 4) is 5.75 Å². The highest BCUT2D eigenvalue weighted by atomic mass is 79.9. The average Bonchev–Trinajstić information content (AvgIpc) is 2.70. The first-order valence-corrected chi connectivity index (χ1v) is 9.60. The van der Waals surface area contributed by atoms with E-state index >= 15 is 0 Å². The second-order valence-electron chi connectivity index (χ2n) is 6.09. The molecular weight excluding hydrogens is 408 g/mol. The van der Waals surface area contributed by atoms with Crippen LogP contribution in [0.15, 0.2) is 52.7 Å². The Morgan fingerprint density at radius 3 is 2.67 bits per heavy atom. The van der Waals surface area contributed by atoms with Gasteiger partial charge in [-0.1, -0.05) is 22.0 Å². The summed E-state index contributed by atoms with van der Waals surface area (Å²) < 4.78 is 11.7. The lowest BCUT2D eigenvalue weighted by Crippen LogP contribution is -2.23. The highest BCUT2D eigenvalue weighted by Gasteiger charge is 2.13. The van der Waals surface area contributed by atoms with E-state index in [0.717, 1.165) is 28.1 Å². The topological polar surface area (TPSA) is 51.7 Å². The summed E-state index contributed by atoms with van der Waals surface area (Å²) in [4.78, 5) is 18.1. The van der Waals surface area contributed by atoms with Gasteiger partial charge in [-0.15, -0.1) is 0 Å². The fourth-order valence-electron chi connectivity index (χ4n) is 2.46. The van der Waals surface area contributed by atoms with Crippen molar-refractivity contribution >= 4 is 27.7 Å². The Balaban J connectivity index is 2.22. The predicted octanol–water partition coefficient (Wildman–Crippen LogP) is 5.00. The van der Waals surface area contributed by atoms with Gasteiger partial charge >= 0.3 is 5.97 Å². The monoisotopic (exact) mass is 432 g/mol. The molecule has 6 heteroatoms. The third-order valence-electron chi connectivity index (χ3n) is 4.21. The number of anilines is 1. The zero-order valence-electron chi connectivity index (χ0n) is 16.2. The lowest BCUT2D eigenvalue weighted by molar-refractivity contribution is 0.0600. The van der Waals surface area contributed by atoms with E-state index in [1.165, 1.54) is 18.9 Å². The number of benzene rings is 1. The summed E-state index contributed by atoms with van der Waals surface area (Å²) >= 11 is 3.54. The van der Waals surface area contributed by atoms with Gasteiger partial charge in [0.15, 0.2) is 0 Å². The molecule has 1 aromatic heterocycles. The van der Waals surface area contributed by atoms with Crippen LogP contribution in [-0.2, 0) is 11.3 Å². The van der Waals surface area contributed by atoms with Crippen molar-refractivity contribution in [3.63, 3.8) is 0 Å². The number of carbonyl (C=O) groups is 1. The van der Waals surface area contributed by atoms with Crippen LogP contribution in [-0.4, -0.2) is 31.2 Å². The van der Waals surface area contributed by atoms with E-state index < -0.39 is 0 Å². The Morgan fingerprint density at radius 2 is 2.07 bits per heavy atom. The van der Waals surface area contributed by atoms with Crippen LogP contribution < -0.4 is 9.64 Å². The zero-order chi connectivity index (χ0) is 19.8. The van der Waals surface area contributed by atoms with Crippen molar-refractivity contribution in [1.29, 1.82) is 0 Å². The maximum Gasteiger partial charge on any atom is 0.339 e. The van der Waals surface area contributed by atoms with Crippen molar-refractivity contribution in [1.82, 2.24) is 4.98 Å². The summed E-state index contributed by atoms with van der Waals surface area (Å²) in [5, 5.41) is 0. The summed E-state index contributed by atoms with van der Waals surface area (Å²) in [7, 11) is 1.36. The molecule has 0 aliphatic heterocycles. The number of hydrogen-bond donors (Lipinski definition) is 0. The number of hydrogen-bond acceptors (Lipinski definition) is 5. The SMILES string of the molecule is CC=C(C)COc1ccc(Br)cc1CN(CC)c1ccc(C(=O)OC)cn1. The molecule has 0 spiro atoms. The fraction of sp³-hybridized carbons (Fsp3) is 0.333. The molecule has 0 radical (unpaired) electrons. The standard InChI is InChI=1S/C21H25BrN2O3/c1-5-15(3)14-27-19-9-8-18(22)11-17(19)13-24(6-2)20-10-7-16(12-23-20)21(25)26-4/h5,7-12H,6,13-14H2,1-4H3. The number of allylic oxidation sites excluding steroid dienone is 1. The lowest BCUT2D eigenvalue weighted by Gasteiger charge is -2.23. The minimum atomic E-state index is -0.390. The highest BCUT2D eigenvalue weighted by Crippen LogP contribution is 2.26. The van der Waals surface area contributed by atoms with E-state index in [9.17, 15) is 4.79 Å². The molecule has 0 N–H and O–H groups in total. The van der Waals surface area contributed by atoms with Crippen LogP contribution in [0.5, 0.6) is 5.75 Å². The molecule has 5 nitrogen and oxygen atoms in total.